The highest BCUT2D eigenvalue weighted by Gasteiger charge is 2.33. The van der Waals surface area contributed by atoms with E-state index in [-0.39, 0.29) is 12.2 Å². The van der Waals surface area contributed by atoms with Crippen molar-refractivity contribution in [3.8, 4) is 0 Å². The minimum Gasteiger partial charge on any atom is -0.374 e. The van der Waals surface area contributed by atoms with Crippen LogP contribution in [0.2, 0.25) is 0 Å². The summed E-state index contributed by atoms with van der Waals surface area (Å²) in [5, 5.41) is 0. The minimum atomic E-state index is -0.00116. The van der Waals surface area contributed by atoms with E-state index in [1.54, 1.807) is 20.8 Å². The molecule has 1 aliphatic heterocycles. The summed E-state index contributed by atoms with van der Waals surface area (Å²) in [6, 6.07) is 0. The highest BCUT2D eigenvalue weighted by atomic mass is 16.6. The first-order chi connectivity index (χ1) is 4.88. The molecule has 3 heteroatoms. The van der Waals surface area contributed by atoms with Gasteiger partial charge in [0.05, 0.1) is 0 Å². The molecule has 0 radical (unpaired) electrons. The molecule has 0 bridgehead atoms. The van der Waals surface area contributed by atoms with Crippen LogP contribution in [0.5, 0.6) is 0 Å². The van der Waals surface area contributed by atoms with E-state index >= 15 is 0 Å². The second kappa shape index (κ2) is 3.81. The Morgan fingerprint density at radius 3 is 2.70 bits per heavy atom. The van der Waals surface area contributed by atoms with Gasteiger partial charge in [-0.25, -0.2) is 0 Å². The van der Waals surface area contributed by atoms with Gasteiger partial charge in [0.1, 0.15) is 12.7 Å². The Hall–Kier alpha value is -0.250. The quantitative estimate of drug-likeness (QED) is 0.532. The molecule has 0 aromatic carbocycles. The highest BCUT2D eigenvalue weighted by Crippen LogP contribution is 2.15. The van der Waals surface area contributed by atoms with E-state index in [0.717, 1.165) is 13.0 Å². The van der Waals surface area contributed by atoms with E-state index < -0.39 is 0 Å². The molecule has 0 spiro atoms. The third kappa shape index (κ3) is 1.62. The number of ether oxygens (including phenoxy) is 3. The van der Waals surface area contributed by atoms with Gasteiger partial charge in [-0.2, -0.15) is 4.74 Å². The topological polar surface area (TPSA) is 27.7 Å². The van der Waals surface area contributed by atoms with Gasteiger partial charge in [-0.05, 0) is 0 Å². The average Bonchev–Trinajstić information content (AvgIpc) is 2.04. The van der Waals surface area contributed by atoms with Gasteiger partial charge in [-0.3, -0.25) is 0 Å². The lowest BCUT2D eigenvalue weighted by molar-refractivity contribution is -0.0863. The summed E-state index contributed by atoms with van der Waals surface area (Å²) in [5.41, 5.74) is 0. The Balaban J connectivity index is 2.34. The maximum Gasteiger partial charge on any atom is 0.260 e. The number of methoxy groups -OCH3 is 2. The van der Waals surface area contributed by atoms with Crippen molar-refractivity contribution in [2.45, 2.75) is 18.6 Å². The van der Waals surface area contributed by atoms with E-state index in [1.807, 2.05) is 0 Å². The monoisotopic (exact) mass is 145 g/mol. The van der Waals surface area contributed by atoms with Crippen LogP contribution in [0.25, 0.3) is 0 Å². The van der Waals surface area contributed by atoms with Gasteiger partial charge in [0.2, 0.25) is 0 Å². The van der Waals surface area contributed by atoms with Gasteiger partial charge in [0, 0.05) is 20.6 Å². The largest absolute Gasteiger partial charge is 0.374 e. The van der Waals surface area contributed by atoms with Crippen molar-refractivity contribution in [2.24, 2.45) is 0 Å². The summed E-state index contributed by atoms with van der Waals surface area (Å²) in [5.74, 6) is 0. The predicted molar refractivity (Wildman–Crippen MR) is 36.5 cm³/mol. The first kappa shape index (κ1) is 7.85. The van der Waals surface area contributed by atoms with Gasteiger partial charge in [-0.1, -0.05) is 0 Å². The standard InChI is InChI=1S/C7H13O3/c1-8-6-3-4-10-5-7(6)9-2/h5-7H,3-4H2,1-2H3/q+1/t6-,7+/m0/s1. The molecule has 1 rings (SSSR count). The summed E-state index contributed by atoms with van der Waals surface area (Å²) in [6.45, 7) is 2.43. The van der Waals surface area contributed by atoms with Gasteiger partial charge in [0.15, 0.2) is 0 Å². The van der Waals surface area contributed by atoms with Crippen LogP contribution < -0.4 is 0 Å². The van der Waals surface area contributed by atoms with Crippen LogP contribution in [0, 0.1) is 6.61 Å². The van der Waals surface area contributed by atoms with Gasteiger partial charge in [0.25, 0.3) is 12.7 Å². The molecule has 0 amide bonds. The maximum absolute atomic E-state index is 5.16. The first-order valence-corrected chi connectivity index (χ1v) is 3.39. The molecule has 10 heavy (non-hydrogen) atoms. The van der Waals surface area contributed by atoms with Crippen LogP contribution in [0.1, 0.15) is 6.42 Å². The van der Waals surface area contributed by atoms with E-state index in [2.05, 4.69) is 0 Å². The summed E-state index contributed by atoms with van der Waals surface area (Å²) in [4.78, 5) is 0. The van der Waals surface area contributed by atoms with Crippen molar-refractivity contribution in [1.82, 2.24) is 0 Å². The number of rotatable bonds is 2. The lowest BCUT2D eigenvalue weighted by atomic mass is 10.1. The lowest BCUT2D eigenvalue weighted by Crippen LogP contribution is -2.36. The molecule has 1 saturated heterocycles. The molecule has 0 saturated carbocycles. The van der Waals surface area contributed by atoms with Crippen LogP contribution in [-0.2, 0) is 14.2 Å². The van der Waals surface area contributed by atoms with Crippen molar-refractivity contribution in [3.05, 3.63) is 6.61 Å². The molecule has 2 atom stereocenters. The van der Waals surface area contributed by atoms with E-state index in [4.69, 9.17) is 14.2 Å². The van der Waals surface area contributed by atoms with Crippen LogP contribution in [0.3, 0.4) is 0 Å². The maximum atomic E-state index is 5.16. The zero-order chi connectivity index (χ0) is 7.40. The highest BCUT2D eigenvalue weighted by molar-refractivity contribution is 4.81. The molecular weight excluding hydrogens is 132 g/mol. The Labute approximate surface area is 61.3 Å². The third-order valence-electron chi connectivity index (χ3n) is 1.69. The fourth-order valence-corrected chi connectivity index (χ4v) is 1.06. The van der Waals surface area contributed by atoms with Crippen molar-refractivity contribution >= 4 is 0 Å². The third-order valence-corrected chi connectivity index (χ3v) is 1.69. The van der Waals surface area contributed by atoms with Crippen molar-refractivity contribution in [1.29, 1.82) is 0 Å². The number of hydrogen-bond acceptors (Lipinski definition) is 3. The Kier molecular flexibility index (Phi) is 2.99. The Bertz CT molecular complexity index is 82.9. The van der Waals surface area contributed by atoms with Gasteiger partial charge >= 0.3 is 0 Å². The summed E-state index contributed by atoms with van der Waals surface area (Å²) < 4.78 is 15.3. The Morgan fingerprint density at radius 1 is 1.40 bits per heavy atom. The van der Waals surface area contributed by atoms with Crippen molar-refractivity contribution in [2.75, 3.05) is 20.8 Å². The molecule has 1 fully saturated rings. The predicted octanol–water partition coefficient (Wildman–Crippen LogP) is 0.598. The zero-order valence-electron chi connectivity index (χ0n) is 6.37. The molecule has 0 aliphatic carbocycles. The van der Waals surface area contributed by atoms with Crippen molar-refractivity contribution in [3.63, 3.8) is 0 Å². The molecule has 1 aliphatic rings. The molecule has 0 aromatic rings. The first-order valence-electron chi connectivity index (χ1n) is 3.39. The zero-order valence-corrected chi connectivity index (χ0v) is 6.37. The average molecular weight is 145 g/mol. The number of hydrogen-bond donors (Lipinski definition) is 0. The minimum absolute atomic E-state index is 0.00116. The summed E-state index contributed by atoms with van der Waals surface area (Å²) in [6.07, 6.45) is 1.07. The molecular formula is C7H13O3+. The van der Waals surface area contributed by atoms with Gasteiger partial charge < -0.3 is 9.47 Å². The fourth-order valence-electron chi connectivity index (χ4n) is 1.06. The van der Waals surface area contributed by atoms with Gasteiger partial charge in [-0.15, -0.1) is 0 Å². The summed E-state index contributed by atoms with van der Waals surface area (Å²) in [7, 11) is 3.34. The van der Waals surface area contributed by atoms with E-state index in [0.29, 0.717) is 0 Å². The van der Waals surface area contributed by atoms with Crippen LogP contribution in [0.15, 0.2) is 0 Å². The van der Waals surface area contributed by atoms with Crippen LogP contribution in [0.4, 0.5) is 0 Å². The molecule has 0 N–H and O–H groups in total. The lowest BCUT2D eigenvalue weighted by Gasteiger charge is -2.20. The second-order valence-corrected chi connectivity index (χ2v) is 2.27. The molecule has 0 aromatic heterocycles. The van der Waals surface area contributed by atoms with E-state index in [9.17, 15) is 0 Å². The SMILES string of the molecule is CO[C@H]1CCO[CH+][C@H]1OC. The van der Waals surface area contributed by atoms with E-state index in [1.165, 1.54) is 0 Å². The van der Waals surface area contributed by atoms with Crippen LogP contribution >= 0.6 is 0 Å². The van der Waals surface area contributed by atoms with Crippen molar-refractivity contribution < 1.29 is 14.2 Å². The Morgan fingerprint density at radius 2 is 2.20 bits per heavy atom. The molecule has 58 valence electrons. The van der Waals surface area contributed by atoms with Crippen LogP contribution in [-0.4, -0.2) is 33.0 Å². The normalized spacial score (nSPS) is 33.4. The second-order valence-electron chi connectivity index (χ2n) is 2.27. The smallest absolute Gasteiger partial charge is 0.260 e. The molecule has 0 unspecified atom stereocenters. The fraction of sp³-hybridized carbons (Fsp3) is 0.857. The summed E-state index contributed by atoms with van der Waals surface area (Å²) >= 11 is 0. The molecule has 3 nitrogen and oxygen atoms in total. The molecule has 1 heterocycles.